The maximum absolute atomic E-state index is 5.39. The van der Waals surface area contributed by atoms with Crippen LogP contribution in [0.25, 0.3) is 0 Å². The normalized spacial score (nSPS) is 19.1. The SMILES string of the molecule is S=C(NCCN1CCOCC1)Nc1ccc(N2CCOCC2)cc1. The van der Waals surface area contributed by atoms with Crippen molar-refractivity contribution in [2.45, 2.75) is 0 Å². The highest BCUT2D eigenvalue weighted by Crippen LogP contribution is 2.18. The molecule has 2 N–H and O–H groups in total. The Morgan fingerprint density at radius 1 is 0.958 bits per heavy atom. The van der Waals surface area contributed by atoms with Crippen molar-refractivity contribution in [3.05, 3.63) is 24.3 Å². The third kappa shape index (κ3) is 5.31. The Kier molecular flexibility index (Phi) is 6.66. The lowest BCUT2D eigenvalue weighted by Crippen LogP contribution is -2.42. The molecule has 0 aliphatic carbocycles. The molecule has 0 atom stereocenters. The summed E-state index contributed by atoms with van der Waals surface area (Å²) < 4.78 is 10.7. The number of benzene rings is 1. The Labute approximate surface area is 149 Å². The molecule has 3 rings (SSSR count). The molecular weight excluding hydrogens is 324 g/mol. The number of anilines is 2. The zero-order valence-corrected chi connectivity index (χ0v) is 14.8. The quantitative estimate of drug-likeness (QED) is 0.773. The van der Waals surface area contributed by atoms with E-state index in [9.17, 15) is 0 Å². The molecule has 2 saturated heterocycles. The third-order valence-electron chi connectivity index (χ3n) is 4.32. The highest BCUT2D eigenvalue weighted by Gasteiger charge is 2.11. The Hall–Kier alpha value is -1.41. The topological polar surface area (TPSA) is 49.0 Å². The first kappa shape index (κ1) is 17.4. The van der Waals surface area contributed by atoms with Gasteiger partial charge in [-0.1, -0.05) is 0 Å². The minimum absolute atomic E-state index is 0.669. The molecule has 1 aromatic carbocycles. The second-order valence-electron chi connectivity index (χ2n) is 5.98. The van der Waals surface area contributed by atoms with Crippen LogP contribution in [0.5, 0.6) is 0 Å². The van der Waals surface area contributed by atoms with E-state index >= 15 is 0 Å². The number of thiocarbonyl (C=S) groups is 1. The van der Waals surface area contributed by atoms with Crippen LogP contribution >= 0.6 is 12.2 Å². The molecule has 6 nitrogen and oxygen atoms in total. The fourth-order valence-corrected chi connectivity index (χ4v) is 3.12. The van der Waals surface area contributed by atoms with E-state index in [0.717, 1.165) is 71.4 Å². The van der Waals surface area contributed by atoms with Crippen molar-refractivity contribution in [3.8, 4) is 0 Å². The maximum Gasteiger partial charge on any atom is 0.170 e. The Balaban J connectivity index is 1.39. The van der Waals surface area contributed by atoms with Crippen molar-refractivity contribution in [2.24, 2.45) is 0 Å². The fraction of sp³-hybridized carbons (Fsp3) is 0.588. The van der Waals surface area contributed by atoms with Crippen molar-refractivity contribution in [2.75, 3.05) is 75.9 Å². The Morgan fingerprint density at radius 3 is 2.25 bits per heavy atom. The molecule has 0 aromatic heterocycles. The molecule has 2 aliphatic heterocycles. The number of morpholine rings is 2. The van der Waals surface area contributed by atoms with Crippen molar-refractivity contribution in [1.29, 1.82) is 0 Å². The van der Waals surface area contributed by atoms with Gasteiger partial charge in [0.2, 0.25) is 0 Å². The highest BCUT2D eigenvalue weighted by atomic mass is 32.1. The van der Waals surface area contributed by atoms with Crippen molar-refractivity contribution < 1.29 is 9.47 Å². The van der Waals surface area contributed by atoms with E-state index in [1.165, 1.54) is 5.69 Å². The first-order valence-electron chi connectivity index (χ1n) is 8.59. The summed E-state index contributed by atoms with van der Waals surface area (Å²) in [6.07, 6.45) is 0. The van der Waals surface area contributed by atoms with Gasteiger partial charge in [0.05, 0.1) is 26.4 Å². The predicted octanol–water partition coefficient (Wildman–Crippen LogP) is 1.14. The molecule has 2 heterocycles. The van der Waals surface area contributed by atoms with E-state index in [0.29, 0.717) is 5.11 Å². The average molecular weight is 350 g/mol. The van der Waals surface area contributed by atoms with E-state index in [2.05, 4.69) is 44.7 Å². The summed E-state index contributed by atoms with van der Waals surface area (Å²) in [5.41, 5.74) is 2.24. The first-order valence-corrected chi connectivity index (χ1v) is 9.00. The van der Waals surface area contributed by atoms with E-state index in [1.54, 1.807) is 0 Å². The molecule has 2 aliphatic rings. The molecule has 0 amide bonds. The minimum Gasteiger partial charge on any atom is -0.379 e. The van der Waals surface area contributed by atoms with Gasteiger partial charge in [0.1, 0.15) is 0 Å². The Morgan fingerprint density at radius 2 is 1.58 bits per heavy atom. The van der Waals surface area contributed by atoms with E-state index in [4.69, 9.17) is 21.7 Å². The monoisotopic (exact) mass is 350 g/mol. The van der Waals surface area contributed by atoms with Crippen LogP contribution in [-0.2, 0) is 9.47 Å². The smallest absolute Gasteiger partial charge is 0.170 e. The summed E-state index contributed by atoms with van der Waals surface area (Å²) in [5, 5.41) is 7.18. The van der Waals surface area contributed by atoms with E-state index < -0.39 is 0 Å². The molecule has 0 unspecified atom stereocenters. The minimum atomic E-state index is 0.669. The van der Waals surface area contributed by atoms with Crippen LogP contribution in [0.4, 0.5) is 11.4 Å². The third-order valence-corrected chi connectivity index (χ3v) is 4.57. The summed E-state index contributed by atoms with van der Waals surface area (Å²) in [5.74, 6) is 0. The summed E-state index contributed by atoms with van der Waals surface area (Å²) in [6, 6.07) is 8.40. The molecule has 2 fully saturated rings. The highest BCUT2D eigenvalue weighted by molar-refractivity contribution is 7.80. The first-order chi connectivity index (χ1) is 11.8. The molecular formula is C17H26N4O2S. The number of nitrogens with zero attached hydrogens (tertiary/aromatic N) is 2. The van der Waals surface area contributed by atoms with Crippen molar-refractivity contribution in [1.82, 2.24) is 10.2 Å². The van der Waals surface area contributed by atoms with Crippen LogP contribution in [0.3, 0.4) is 0 Å². The van der Waals surface area contributed by atoms with Gasteiger partial charge < -0.3 is 25.0 Å². The fourth-order valence-electron chi connectivity index (χ4n) is 2.90. The molecule has 1 aromatic rings. The lowest BCUT2D eigenvalue weighted by molar-refractivity contribution is 0.0389. The van der Waals surface area contributed by atoms with Crippen LogP contribution in [0.1, 0.15) is 0 Å². The van der Waals surface area contributed by atoms with Gasteiger partial charge in [-0.25, -0.2) is 0 Å². The predicted molar refractivity (Wildman–Crippen MR) is 101 cm³/mol. The van der Waals surface area contributed by atoms with Crippen LogP contribution in [0.2, 0.25) is 0 Å². The lowest BCUT2D eigenvalue weighted by atomic mass is 10.2. The van der Waals surface area contributed by atoms with Gasteiger partial charge >= 0.3 is 0 Å². The van der Waals surface area contributed by atoms with Gasteiger partial charge in [-0.05, 0) is 36.5 Å². The lowest BCUT2D eigenvalue weighted by Gasteiger charge is -2.29. The zero-order valence-electron chi connectivity index (χ0n) is 14.0. The second kappa shape index (κ2) is 9.17. The zero-order chi connectivity index (χ0) is 16.6. The summed E-state index contributed by atoms with van der Waals surface area (Å²) in [6.45, 7) is 9.02. The van der Waals surface area contributed by atoms with Crippen LogP contribution in [0, 0.1) is 0 Å². The van der Waals surface area contributed by atoms with Crippen LogP contribution < -0.4 is 15.5 Å². The largest absolute Gasteiger partial charge is 0.379 e. The Bertz CT molecular complexity index is 514. The summed E-state index contributed by atoms with van der Waals surface area (Å²) >= 11 is 5.37. The maximum atomic E-state index is 5.39. The van der Waals surface area contributed by atoms with E-state index in [-0.39, 0.29) is 0 Å². The number of rotatable bonds is 5. The standard InChI is InChI=1S/C17H26N4O2S/c24-17(18-5-6-20-7-11-22-12-8-20)19-15-1-3-16(4-2-15)21-9-13-23-14-10-21/h1-4H,5-14H2,(H2,18,19,24). The molecule has 24 heavy (non-hydrogen) atoms. The number of ether oxygens (including phenoxy) is 2. The van der Waals surface area contributed by atoms with Crippen LogP contribution in [-0.4, -0.2) is 75.7 Å². The summed E-state index contributed by atoms with van der Waals surface area (Å²) in [7, 11) is 0. The van der Waals surface area contributed by atoms with Gasteiger partial charge in [-0.15, -0.1) is 0 Å². The van der Waals surface area contributed by atoms with Gasteiger partial charge in [0.15, 0.2) is 5.11 Å². The molecule has 132 valence electrons. The number of hydrogen-bond donors (Lipinski definition) is 2. The van der Waals surface area contributed by atoms with Crippen molar-refractivity contribution in [3.63, 3.8) is 0 Å². The van der Waals surface area contributed by atoms with Gasteiger partial charge in [-0.3, -0.25) is 4.90 Å². The van der Waals surface area contributed by atoms with Gasteiger partial charge in [-0.2, -0.15) is 0 Å². The second-order valence-corrected chi connectivity index (χ2v) is 6.39. The van der Waals surface area contributed by atoms with Gasteiger partial charge in [0.25, 0.3) is 0 Å². The number of nitrogens with one attached hydrogen (secondary N) is 2. The molecule has 0 spiro atoms. The summed E-state index contributed by atoms with van der Waals surface area (Å²) in [4.78, 5) is 4.72. The van der Waals surface area contributed by atoms with E-state index in [1.807, 2.05) is 0 Å². The van der Waals surface area contributed by atoms with Crippen molar-refractivity contribution >= 4 is 28.7 Å². The molecule has 0 radical (unpaired) electrons. The molecule has 0 bridgehead atoms. The van der Waals surface area contributed by atoms with Gasteiger partial charge in [0, 0.05) is 50.6 Å². The van der Waals surface area contributed by atoms with Crippen LogP contribution in [0.15, 0.2) is 24.3 Å². The molecule has 0 saturated carbocycles. The number of hydrogen-bond acceptors (Lipinski definition) is 5. The molecule has 7 heteroatoms. The average Bonchev–Trinajstić information content (AvgIpc) is 2.64.